The molecule has 0 saturated carbocycles. The summed E-state index contributed by atoms with van der Waals surface area (Å²) in [6.07, 6.45) is 4.55. The molecule has 1 aromatic carbocycles. The molecular weight excluding hydrogens is 389 g/mol. The Bertz CT molecular complexity index is 809. The van der Waals surface area contributed by atoms with Crippen LogP contribution in [0.15, 0.2) is 42.7 Å². The topological polar surface area (TPSA) is 71.5 Å². The highest BCUT2D eigenvalue weighted by molar-refractivity contribution is 6.35. The fraction of sp³-hybridized carbons (Fsp3) is 0.316. The number of ether oxygens (including phenoxy) is 1. The number of benzene rings is 1. The molecule has 1 aromatic heterocycles. The van der Waals surface area contributed by atoms with Crippen LogP contribution in [-0.2, 0) is 4.79 Å². The first-order valence-electron chi connectivity index (χ1n) is 8.59. The summed E-state index contributed by atoms with van der Waals surface area (Å²) in [5.74, 6) is 0.166. The van der Waals surface area contributed by atoms with Gasteiger partial charge in [-0.1, -0.05) is 23.2 Å². The Balaban J connectivity index is 1.44. The molecule has 1 aliphatic rings. The lowest BCUT2D eigenvalue weighted by Crippen LogP contribution is -2.47. The molecule has 0 aliphatic carbocycles. The van der Waals surface area contributed by atoms with Crippen LogP contribution in [-0.4, -0.2) is 47.4 Å². The molecule has 1 saturated heterocycles. The SMILES string of the molecule is O=C(NC1CCN(C(=O)COc2ccc(Cl)cc2Cl)CC1)c1cccnc1. The van der Waals surface area contributed by atoms with Gasteiger partial charge in [0.1, 0.15) is 5.75 Å². The molecule has 1 fully saturated rings. The van der Waals surface area contributed by atoms with Crippen molar-refractivity contribution in [2.75, 3.05) is 19.7 Å². The summed E-state index contributed by atoms with van der Waals surface area (Å²) in [5.41, 5.74) is 0.532. The molecule has 2 amide bonds. The van der Waals surface area contributed by atoms with Crippen LogP contribution in [0.25, 0.3) is 0 Å². The summed E-state index contributed by atoms with van der Waals surface area (Å²) >= 11 is 11.9. The second kappa shape index (κ2) is 9.06. The van der Waals surface area contributed by atoms with E-state index in [0.29, 0.717) is 47.3 Å². The number of piperidine rings is 1. The summed E-state index contributed by atoms with van der Waals surface area (Å²) in [6, 6.07) is 8.35. The van der Waals surface area contributed by atoms with Gasteiger partial charge in [0, 0.05) is 36.5 Å². The van der Waals surface area contributed by atoms with Crippen LogP contribution >= 0.6 is 23.2 Å². The zero-order chi connectivity index (χ0) is 19.2. The van der Waals surface area contributed by atoms with Gasteiger partial charge in [0.2, 0.25) is 0 Å². The molecule has 0 atom stereocenters. The van der Waals surface area contributed by atoms with Gasteiger partial charge in [-0.15, -0.1) is 0 Å². The second-order valence-corrected chi connectivity index (χ2v) is 7.08. The minimum atomic E-state index is -0.145. The van der Waals surface area contributed by atoms with Crippen LogP contribution in [0.3, 0.4) is 0 Å². The lowest BCUT2D eigenvalue weighted by molar-refractivity contribution is -0.134. The number of rotatable bonds is 5. The van der Waals surface area contributed by atoms with Gasteiger partial charge in [0.05, 0.1) is 10.6 Å². The summed E-state index contributed by atoms with van der Waals surface area (Å²) in [7, 11) is 0. The third kappa shape index (κ3) is 5.34. The average molecular weight is 408 g/mol. The van der Waals surface area contributed by atoms with Crippen molar-refractivity contribution in [3.05, 3.63) is 58.3 Å². The molecular formula is C19H19Cl2N3O3. The maximum absolute atomic E-state index is 12.3. The van der Waals surface area contributed by atoms with E-state index in [-0.39, 0.29) is 24.5 Å². The summed E-state index contributed by atoms with van der Waals surface area (Å²) in [4.78, 5) is 30.2. The van der Waals surface area contributed by atoms with Crippen LogP contribution in [0.2, 0.25) is 10.0 Å². The third-order valence-electron chi connectivity index (χ3n) is 4.35. The zero-order valence-corrected chi connectivity index (χ0v) is 16.0. The number of hydrogen-bond acceptors (Lipinski definition) is 4. The van der Waals surface area contributed by atoms with E-state index in [1.165, 1.54) is 6.20 Å². The quantitative estimate of drug-likeness (QED) is 0.825. The molecule has 1 N–H and O–H groups in total. The standard InChI is InChI=1S/C19H19Cl2N3O3/c20-14-3-4-17(16(21)10-14)27-12-18(25)24-8-5-15(6-9-24)23-19(26)13-2-1-7-22-11-13/h1-4,7,10-11,15H,5-6,8-9,12H2,(H,23,26). The average Bonchev–Trinajstić information content (AvgIpc) is 2.68. The summed E-state index contributed by atoms with van der Waals surface area (Å²) in [6.45, 7) is 1.04. The first-order valence-corrected chi connectivity index (χ1v) is 9.35. The maximum Gasteiger partial charge on any atom is 0.260 e. The molecule has 3 rings (SSSR count). The Morgan fingerprint density at radius 2 is 2.00 bits per heavy atom. The van der Waals surface area contributed by atoms with Crippen molar-refractivity contribution >= 4 is 35.0 Å². The minimum Gasteiger partial charge on any atom is -0.482 e. The molecule has 8 heteroatoms. The maximum atomic E-state index is 12.3. The Morgan fingerprint density at radius 1 is 1.22 bits per heavy atom. The van der Waals surface area contributed by atoms with Crippen molar-refractivity contribution in [2.24, 2.45) is 0 Å². The molecule has 0 bridgehead atoms. The largest absolute Gasteiger partial charge is 0.482 e. The van der Waals surface area contributed by atoms with Crippen LogP contribution in [0.1, 0.15) is 23.2 Å². The first kappa shape index (κ1) is 19.5. The minimum absolute atomic E-state index is 0.0355. The number of likely N-dealkylation sites (tertiary alicyclic amines) is 1. The number of amides is 2. The Morgan fingerprint density at radius 3 is 2.67 bits per heavy atom. The van der Waals surface area contributed by atoms with Crippen molar-refractivity contribution in [3.8, 4) is 5.75 Å². The molecule has 1 aliphatic heterocycles. The molecule has 0 spiro atoms. The van der Waals surface area contributed by atoms with E-state index in [9.17, 15) is 9.59 Å². The van der Waals surface area contributed by atoms with E-state index in [1.54, 1.807) is 41.4 Å². The fourth-order valence-electron chi connectivity index (χ4n) is 2.86. The third-order valence-corrected chi connectivity index (χ3v) is 4.88. The predicted molar refractivity (Wildman–Crippen MR) is 103 cm³/mol. The van der Waals surface area contributed by atoms with E-state index in [1.807, 2.05) is 0 Å². The van der Waals surface area contributed by atoms with Crippen LogP contribution in [0, 0.1) is 0 Å². The van der Waals surface area contributed by atoms with Crippen LogP contribution < -0.4 is 10.1 Å². The van der Waals surface area contributed by atoms with Crippen molar-refractivity contribution in [1.82, 2.24) is 15.2 Å². The number of nitrogens with zero attached hydrogens (tertiary/aromatic N) is 2. The Hall–Kier alpha value is -2.31. The Labute approximate surface area is 167 Å². The number of aromatic nitrogens is 1. The zero-order valence-electron chi connectivity index (χ0n) is 14.5. The van der Waals surface area contributed by atoms with E-state index in [2.05, 4.69) is 10.3 Å². The second-order valence-electron chi connectivity index (χ2n) is 6.23. The molecule has 27 heavy (non-hydrogen) atoms. The monoisotopic (exact) mass is 407 g/mol. The molecule has 0 radical (unpaired) electrons. The molecule has 142 valence electrons. The van der Waals surface area contributed by atoms with Gasteiger partial charge >= 0.3 is 0 Å². The molecule has 0 unspecified atom stereocenters. The van der Waals surface area contributed by atoms with Crippen molar-refractivity contribution < 1.29 is 14.3 Å². The van der Waals surface area contributed by atoms with Crippen LogP contribution in [0.4, 0.5) is 0 Å². The van der Waals surface area contributed by atoms with Gasteiger partial charge in [-0.05, 0) is 43.2 Å². The summed E-state index contributed by atoms with van der Waals surface area (Å²) in [5, 5.41) is 3.86. The lowest BCUT2D eigenvalue weighted by atomic mass is 10.0. The molecule has 2 aromatic rings. The lowest BCUT2D eigenvalue weighted by Gasteiger charge is -2.32. The normalized spacial score (nSPS) is 14.7. The van der Waals surface area contributed by atoms with Gasteiger partial charge < -0.3 is 15.0 Å². The smallest absolute Gasteiger partial charge is 0.260 e. The number of hydrogen-bond donors (Lipinski definition) is 1. The molecule has 6 nitrogen and oxygen atoms in total. The van der Waals surface area contributed by atoms with Crippen molar-refractivity contribution in [2.45, 2.75) is 18.9 Å². The van der Waals surface area contributed by atoms with Gasteiger partial charge in [0.25, 0.3) is 11.8 Å². The highest BCUT2D eigenvalue weighted by atomic mass is 35.5. The number of carbonyl (C=O) groups excluding carboxylic acids is 2. The van der Waals surface area contributed by atoms with Gasteiger partial charge in [-0.25, -0.2) is 0 Å². The fourth-order valence-corrected chi connectivity index (χ4v) is 3.33. The summed E-state index contributed by atoms with van der Waals surface area (Å²) < 4.78 is 5.50. The highest BCUT2D eigenvalue weighted by Crippen LogP contribution is 2.27. The molecule has 2 heterocycles. The number of carbonyl (C=O) groups is 2. The van der Waals surface area contributed by atoms with Gasteiger partial charge in [0.15, 0.2) is 6.61 Å². The van der Waals surface area contributed by atoms with Gasteiger partial charge in [-0.2, -0.15) is 0 Å². The van der Waals surface area contributed by atoms with E-state index in [4.69, 9.17) is 27.9 Å². The van der Waals surface area contributed by atoms with Crippen molar-refractivity contribution in [3.63, 3.8) is 0 Å². The van der Waals surface area contributed by atoms with E-state index >= 15 is 0 Å². The predicted octanol–water partition coefficient (Wildman–Crippen LogP) is 3.19. The highest BCUT2D eigenvalue weighted by Gasteiger charge is 2.24. The van der Waals surface area contributed by atoms with E-state index in [0.717, 1.165) is 0 Å². The number of pyridine rings is 1. The number of halogens is 2. The Kier molecular flexibility index (Phi) is 6.53. The van der Waals surface area contributed by atoms with Crippen LogP contribution in [0.5, 0.6) is 5.75 Å². The van der Waals surface area contributed by atoms with Gasteiger partial charge in [-0.3, -0.25) is 14.6 Å². The van der Waals surface area contributed by atoms with Crippen molar-refractivity contribution in [1.29, 1.82) is 0 Å². The van der Waals surface area contributed by atoms with E-state index < -0.39 is 0 Å². The first-order chi connectivity index (χ1) is 13.0. The number of nitrogens with one attached hydrogen (secondary N) is 1.